The van der Waals surface area contributed by atoms with Gasteiger partial charge in [-0.3, -0.25) is 9.59 Å². The maximum absolute atomic E-state index is 13.0. The average molecular weight is 483 g/mol. The normalized spacial score (nSPS) is 10.5. The molecule has 9 heteroatoms. The lowest BCUT2D eigenvalue weighted by molar-refractivity contribution is -0.124. The van der Waals surface area contributed by atoms with Gasteiger partial charge in [0.05, 0.1) is 11.4 Å². The van der Waals surface area contributed by atoms with E-state index in [1.165, 1.54) is 34.0 Å². The van der Waals surface area contributed by atoms with Crippen molar-refractivity contribution in [3.63, 3.8) is 0 Å². The maximum Gasteiger partial charge on any atom is 0.342 e. The first kappa shape index (κ1) is 21.9. The number of carbonyl (C=O) groups excluding carboxylic acids is 3. The SMILES string of the molecule is O=C(COC(=O)c1c(-c2ccccc2)csc1NC(=O)c1cccs1)NCc1cccs1. The second kappa shape index (κ2) is 10.4. The molecule has 2 amide bonds. The van der Waals surface area contributed by atoms with E-state index in [-0.39, 0.29) is 11.5 Å². The predicted molar refractivity (Wildman–Crippen MR) is 128 cm³/mol. The Morgan fingerprint density at radius 3 is 2.38 bits per heavy atom. The van der Waals surface area contributed by atoms with Crippen LogP contribution in [0.25, 0.3) is 11.1 Å². The van der Waals surface area contributed by atoms with Crippen LogP contribution < -0.4 is 10.6 Å². The molecule has 0 bridgehead atoms. The van der Waals surface area contributed by atoms with Gasteiger partial charge in [-0.25, -0.2) is 4.79 Å². The summed E-state index contributed by atoms with van der Waals surface area (Å²) < 4.78 is 5.30. The largest absolute Gasteiger partial charge is 0.452 e. The van der Waals surface area contributed by atoms with Crippen LogP contribution in [0.1, 0.15) is 24.9 Å². The molecule has 0 saturated heterocycles. The fraction of sp³-hybridized carbons (Fsp3) is 0.0870. The standard InChI is InChI=1S/C23H18N2O4S3/c26-19(24-12-16-8-4-10-30-16)13-29-23(28)20-17(15-6-2-1-3-7-15)14-32-22(20)25-21(27)18-9-5-11-31-18/h1-11,14H,12-13H2,(H,24,26)(H,25,27). The molecule has 0 fully saturated rings. The monoisotopic (exact) mass is 482 g/mol. The number of nitrogens with one attached hydrogen (secondary N) is 2. The molecule has 0 atom stereocenters. The Hall–Kier alpha value is -3.27. The Morgan fingerprint density at radius 1 is 0.875 bits per heavy atom. The van der Waals surface area contributed by atoms with Gasteiger partial charge in [0.2, 0.25) is 0 Å². The first-order valence-electron chi connectivity index (χ1n) is 9.60. The Labute approximate surface area is 196 Å². The van der Waals surface area contributed by atoms with Crippen LogP contribution in [-0.4, -0.2) is 24.4 Å². The third kappa shape index (κ3) is 5.31. The van der Waals surface area contributed by atoms with Crippen LogP contribution in [0, 0.1) is 0 Å². The molecular formula is C23H18N2O4S3. The fourth-order valence-corrected chi connectivity index (χ4v) is 5.12. The smallest absolute Gasteiger partial charge is 0.342 e. The molecule has 6 nitrogen and oxygen atoms in total. The fourth-order valence-electron chi connectivity index (χ4n) is 2.91. The van der Waals surface area contributed by atoms with Gasteiger partial charge >= 0.3 is 5.97 Å². The van der Waals surface area contributed by atoms with Crippen molar-refractivity contribution >= 4 is 56.8 Å². The first-order chi connectivity index (χ1) is 15.6. The lowest BCUT2D eigenvalue weighted by Crippen LogP contribution is -2.28. The van der Waals surface area contributed by atoms with Crippen LogP contribution in [0.15, 0.2) is 70.7 Å². The van der Waals surface area contributed by atoms with E-state index in [1.54, 1.807) is 17.5 Å². The number of ether oxygens (including phenoxy) is 1. The predicted octanol–water partition coefficient (Wildman–Crippen LogP) is 5.26. The highest BCUT2D eigenvalue weighted by Crippen LogP contribution is 2.36. The lowest BCUT2D eigenvalue weighted by Gasteiger charge is -2.10. The van der Waals surface area contributed by atoms with Gasteiger partial charge in [0.15, 0.2) is 6.61 Å². The van der Waals surface area contributed by atoms with Crippen molar-refractivity contribution in [2.75, 3.05) is 11.9 Å². The number of thiophene rings is 3. The van der Waals surface area contributed by atoms with E-state index in [1.807, 2.05) is 53.2 Å². The van der Waals surface area contributed by atoms with Crippen molar-refractivity contribution in [1.29, 1.82) is 0 Å². The lowest BCUT2D eigenvalue weighted by atomic mass is 10.0. The van der Waals surface area contributed by atoms with Crippen molar-refractivity contribution < 1.29 is 19.1 Å². The summed E-state index contributed by atoms with van der Waals surface area (Å²) in [6, 6.07) is 16.7. The Bertz CT molecular complexity index is 1200. The molecule has 4 aromatic rings. The van der Waals surface area contributed by atoms with Gasteiger partial charge < -0.3 is 15.4 Å². The number of esters is 1. The maximum atomic E-state index is 13.0. The van der Waals surface area contributed by atoms with Gasteiger partial charge in [-0.1, -0.05) is 42.5 Å². The van der Waals surface area contributed by atoms with E-state index in [4.69, 9.17) is 4.74 Å². The van der Waals surface area contributed by atoms with Gasteiger partial charge in [0.1, 0.15) is 10.6 Å². The second-order valence-electron chi connectivity index (χ2n) is 6.58. The minimum absolute atomic E-state index is 0.233. The molecule has 162 valence electrons. The topological polar surface area (TPSA) is 84.5 Å². The molecule has 32 heavy (non-hydrogen) atoms. The number of rotatable bonds is 8. The zero-order chi connectivity index (χ0) is 22.3. The summed E-state index contributed by atoms with van der Waals surface area (Å²) in [5, 5.41) is 11.4. The molecule has 4 rings (SSSR count). The van der Waals surface area contributed by atoms with Gasteiger partial charge in [0, 0.05) is 15.8 Å². The molecular weight excluding hydrogens is 464 g/mol. The Kier molecular flexibility index (Phi) is 7.10. The van der Waals surface area contributed by atoms with Crippen molar-refractivity contribution in [3.8, 4) is 11.1 Å². The summed E-state index contributed by atoms with van der Waals surface area (Å²) in [6.07, 6.45) is 0. The molecule has 0 unspecified atom stereocenters. The summed E-state index contributed by atoms with van der Waals surface area (Å²) >= 11 is 4.08. The quantitative estimate of drug-likeness (QED) is 0.335. The van der Waals surface area contributed by atoms with Gasteiger partial charge in [-0.05, 0) is 28.5 Å². The second-order valence-corrected chi connectivity index (χ2v) is 9.44. The highest BCUT2D eigenvalue weighted by atomic mass is 32.1. The van der Waals surface area contributed by atoms with Crippen LogP contribution in [0.2, 0.25) is 0 Å². The zero-order valence-corrected chi connectivity index (χ0v) is 19.1. The molecule has 0 spiro atoms. The number of anilines is 1. The van der Waals surface area contributed by atoms with E-state index >= 15 is 0 Å². The van der Waals surface area contributed by atoms with Crippen LogP contribution in [0.5, 0.6) is 0 Å². The van der Waals surface area contributed by atoms with Crippen molar-refractivity contribution in [2.45, 2.75) is 6.54 Å². The summed E-state index contributed by atoms with van der Waals surface area (Å²) in [5.74, 6) is -1.37. The van der Waals surface area contributed by atoms with E-state index in [2.05, 4.69) is 10.6 Å². The third-order valence-corrected chi connectivity index (χ3v) is 7.07. The number of carbonyl (C=O) groups is 3. The van der Waals surface area contributed by atoms with Crippen LogP contribution in [0.4, 0.5) is 5.00 Å². The average Bonchev–Trinajstić information content (AvgIpc) is 3.58. The highest BCUT2D eigenvalue weighted by Gasteiger charge is 2.24. The van der Waals surface area contributed by atoms with E-state index in [0.717, 1.165) is 10.4 Å². The van der Waals surface area contributed by atoms with Crippen molar-refractivity contribution in [3.05, 3.63) is 86.1 Å². The minimum atomic E-state index is -0.669. The van der Waals surface area contributed by atoms with Gasteiger partial charge in [-0.2, -0.15) is 0 Å². The minimum Gasteiger partial charge on any atom is -0.452 e. The van der Waals surface area contributed by atoms with Crippen molar-refractivity contribution in [1.82, 2.24) is 5.32 Å². The summed E-state index contributed by atoms with van der Waals surface area (Å²) in [6.45, 7) is -0.0313. The van der Waals surface area contributed by atoms with E-state index in [9.17, 15) is 14.4 Å². The van der Waals surface area contributed by atoms with E-state index in [0.29, 0.717) is 22.0 Å². The summed E-state index contributed by atoms with van der Waals surface area (Å²) in [7, 11) is 0. The summed E-state index contributed by atoms with van der Waals surface area (Å²) in [4.78, 5) is 39.2. The zero-order valence-electron chi connectivity index (χ0n) is 16.7. The molecule has 2 N–H and O–H groups in total. The van der Waals surface area contributed by atoms with Crippen molar-refractivity contribution in [2.24, 2.45) is 0 Å². The highest BCUT2D eigenvalue weighted by molar-refractivity contribution is 7.15. The van der Waals surface area contributed by atoms with Crippen LogP contribution in [-0.2, 0) is 16.1 Å². The third-order valence-electron chi connectivity index (χ3n) is 4.43. The van der Waals surface area contributed by atoms with Crippen LogP contribution >= 0.6 is 34.0 Å². The van der Waals surface area contributed by atoms with Crippen LogP contribution in [0.3, 0.4) is 0 Å². The molecule has 1 aromatic carbocycles. The Balaban J connectivity index is 1.50. The molecule has 3 heterocycles. The van der Waals surface area contributed by atoms with E-state index < -0.39 is 18.5 Å². The number of amides is 2. The molecule has 0 radical (unpaired) electrons. The summed E-state index contributed by atoms with van der Waals surface area (Å²) in [5.41, 5.74) is 1.69. The number of hydrogen-bond acceptors (Lipinski definition) is 7. The number of hydrogen-bond donors (Lipinski definition) is 2. The first-order valence-corrected chi connectivity index (χ1v) is 12.2. The molecule has 0 aliphatic rings. The molecule has 0 saturated carbocycles. The number of benzene rings is 1. The van der Waals surface area contributed by atoms with Gasteiger partial charge in [0.25, 0.3) is 11.8 Å². The Morgan fingerprint density at radius 2 is 1.66 bits per heavy atom. The molecule has 0 aliphatic carbocycles. The van der Waals surface area contributed by atoms with Gasteiger partial charge in [-0.15, -0.1) is 34.0 Å². The molecule has 3 aromatic heterocycles. The molecule has 0 aliphatic heterocycles.